The van der Waals surface area contributed by atoms with Gasteiger partial charge >= 0.3 is 5.97 Å². The van der Waals surface area contributed by atoms with E-state index in [4.69, 9.17) is 15.2 Å². The third kappa shape index (κ3) is 3.57. The van der Waals surface area contributed by atoms with Gasteiger partial charge in [-0.25, -0.2) is 14.2 Å². The van der Waals surface area contributed by atoms with E-state index in [-0.39, 0.29) is 11.1 Å². The molecule has 114 valence electrons. The Labute approximate surface area is 125 Å². The van der Waals surface area contributed by atoms with Gasteiger partial charge in [-0.3, -0.25) is 4.79 Å². The number of esters is 1. The zero-order chi connectivity index (χ0) is 16.1. The van der Waals surface area contributed by atoms with E-state index in [0.29, 0.717) is 5.88 Å². The number of carbonyl (C=O) groups is 2. The van der Waals surface area contributed by atoms with Crippen LogP contribution in [0.25, 0.3) is 0 Å². The lowest BCUT2D eigenvalue weighted by atomic mass is 10.1. The molecule has 0 saturated carbocycles. The summed E-state index contributed by atoms with van der Waals surface area (Å²) in [6.45, 7) is 0. The fourth-order valence-corrected chi connectivity index (χ4v) is 1.72. The molecule has 0 bridgehead atoms. The molecule has 1 aromatic carbocycles. The molecular weight excluding hydrogens is 291 g/mol. The molecule has 0 saturated heterocycles. The zero-order valence-electron chi connectivity index (χ0n) is 11.7. The molecule has 0 spiro atoms. The maximum atomic E-state index is 12.9. The zero-order valence-corrected chi connectivity index (χ0v) is 11.7. The number of amides is 1. The lowest BCUT2D eigenvalue weighted by Crippen LogP contribution is -2.26. The van der Waals surface area contributed by atoms with Crippen molar-refractivity contribution in [3.05, 3.63) is 59.5 Å². The second-order valence-electron chi connectivity index (χ2n) is 4.33. The second-order valence-corrected chi connectivity index (χ2v) is 4.33. The Morgan fingerprint density at radius 2 is 1.86 bits per heavy atom. The van der Waals surface area contributed by atoms with Gasteiger partial charge in [0.15, 0.2) is 0 Å². The minimum atomic E-state index is -1.31. The smallest absolute Gasteiger partial charge is 0.340 e. The fraction of sp³-hybridized carbons (Fsp3) is 0.133. The predicted octanol–water partition coefficient (Wildman–Crippen LogP) is 1.61. The molecule has 2 N–H and O–H groups in total. The Balaban J connectivity index is 2.18. The van der Waals surface area contributed by atoms with Crippen molar-refractivity contribution in [1.82, 2.24) is 4.98 Å². The van der Waals surface area contributed by atoms with Crippen LogP contribution in [0.15, 0.2) is 42.6 Å². The SMILES string of the molecule is COc1ccc(C(=O)OC(C(N)=O)c2ccc(F)cc2)cn1. The van der Waals surface area contributed by atoms with Gasteiger partial charge < -0.3 is 15.2 Å². The van der Waals surface area contributed by atoms with Gasteiger partial charge in [-0.2, -0.15) is 0 Å². The summed E-state index contributed by atoms with van der Waals surface area (Å²) < 4.78 is 22.9. The molecule has 2 rings (SSSR count). The Morgan fingerprint density at radius 1 is 1.18 bits per heavy atom. The molecular formula is C15H13FN2O4. The summed E-state index contributed by atoms with van der Waals surface area (Å²) in [4.78, 5) is 27.3. The van der Waals surface area contributed by atoms with Crippen LogP contribution in [0.1, 0.15) is 22.0 Å². The highest BCUT2D eigenvalue weighted by Gasteiger charge is 2.23. The fourth-order valence-electron chi connectivity index (χ4n) is 1.72. The number of benzene rings is 1. The number of halogens is 1. The first-order chi connectivity index (χ1) is 10.5. The Kier molecular flexibility index (Phi) is 4.67. The molecule has 1 unspecified atom stereocenters. The number of pyridine rings is 1. The quantitative estimate of drug-likeness (QED) is 0.847. The number of ether oxygens (including phenoxy) is 2. The number of carbonyl (C=O) groups excluding carboxylic acids is 2. The first-order valence-electron chi connectivity index (χ1n) is 6.27. The van der Waals surface area contributed by atoms with Crippen molar-refractivity contribution < 1.29 is 23.5 Å². The number of primary amides is 1. The van der Waals surface area contributed by atoms with Crippen LogP contribution in [0.4, 0.5) is 4.39 Å². The molecule has 1 heterocycles. The monoisotopic (exact) mass is 304 g/mol. The number of nitrogens with two attached hydrogens (primary N) is 1. The van der Waals surface area contributed by atoms with Crippen molar-refractivity contribution in [2.24, 2.45) is 5.73 Å². The Bertz CT molecular complexity index is 671. The van der Waals surface area contributed by atoms with E-state index < -0.39 is 23.8 Å². The van der Waals surface area contributed by atoms with Crippen molar-refractivity contribution in [1.29, 1.82) is 0 Å². The first kappa shape index (κ1) is 15.4. The third-order valence-electron chi connectivity index (χ3n) is 2.84. The maximum absolute atomic E-state index is 12.9. The lowest BCUT2D eigenvalue weighted by molar-refractivity contribution is -0.127. The van der Waals surface area contributed by atoms with Gasteiger partial charge in [0.1, 0.15) is 5.82 Å². The highest BCUT2D eigenvalue weighted by molar-refractivity contribution is 5.92. The van der Waals surface area contributed by atoms with Crippen LogP contribution in [-0.4, -0.2) is 24.0 Å². The minimum absolute atomic E-state index is 0.133. The number of rotatable bonds is 5. The molecule has 2 aromatic rings. The van der Waals surface area contributed by atoms with Gasteiger partial charge in [-0.1, -0.05) is 12.1 Å². The van der Waals surface area contributed by atoms with Crippen LogP contribution < -0.4 is 10.5 Å². The van der Waals surface area contributed by atoms with Gasteiger partial charge in [0, 0.05) is 17.8 Å². The van der Waals surface area contributed by atoms with Crippen molar-refractivity contribution >= 4 is 11.9 Å². The molecule has 1 amide bonds. The van der Waals surface area contributed by atoms with E-state index in [0.717, 1.165) is 12.1 Å². The summed E-state index contributed by atoms with van der Waals surface area (Å²) in [6.07, 6.45) is -0.0561. The van der Waals surface area contributed by atoms with E-state index in [1.807, 2.05) is 0 Å². The van der Waals surface area contributed by atoms with Gasteiger partial charge in [0.25, 0.3) is 5.91 Å². The van der Waals surface area contributed by atoms with Crippen LogP contribution in [0.2, 0.25) is 0 Å². The van der Waals surface area contributed by atoms with Gasteiger partial charge in [0.2, 0.25) is 12.0 Å². The highest BCUT2D eigenvalue weighted by atomic mass is 19.1. The Hall–Kier alpha value is -2.96. The van der Waals surface area contributed by atoms with E-state index >= 15 is 0 Å². The molecule has 0 radical (unpaired) electrons. The van der Waals surface area contributed by atoms with Crippen LogP contribution in [0.5, 0.6) is 5.88 Å². The summed E-state index contributed by atoms with van der Waals surface area (Å²) >= 11 is 0. The van der Waals surface area contributed by atoms with Crippen LogP contribution in [0.3, 0.4) is 0 Å². The molecule has 0 fully saturated rings. The van der Waals surface area contributed by atoms with Crippen molar-refractivity contribution in [2.45, 2.75) is 6.10 Å². The van der Waals surface area contributed by atoms with Gasteiger partial charge in [-0.05, 0) is 18.2 Å². The van der Waals surface area contributed by atoms with Gasteiger partial charge in [0.05, 0.1) is 12.7 Å². The average Bonchev–Trinajstić information content (AvgIpc) is 2.53. The van der Waals surface area contributed by atoms with Crippen LogP contribution in [0, 0.1) is 5.82 Å². The molecule has 7 heteroatoms. The number of hydrogen-bond donors (Lipinski definition) is 1. The molecule has 0 aliphatic carbocycles. The third-order valence-corrected chi connectivity index (χ3v) is 2.84. The van der Waals surface area contributed by atoms with E-state index in [1.54, 1.807) is 0 Å². The molecule has 6 nitrogen and oxygen atoms in total. The van der Waals surface area contributed by atoms with Crippen LogP contribution in [-0.2, 0) is 9.53 Å². The first-order valence-corrected chi connectivity index (χ1v) is 6.27. The normalized spacial score (nSPS) is 11.5. The predicted molar refractivity (Wildman–Crippen MR) is 74.5 cm³/mol. The molecule has 0 aliphatic heterocycles. The van der Waals surface area contributed by atoms with E-state index in [2.05, 4.69) is 4.98 Å². The molecule has 1 atom stereocenters. The van der Waals surface area contributed by atoms with E-state index in [9.17, 15) is 14.0 Å². The van der Waals surface area contributed by atoms with Crippen molar-refractivity contribution in [3.63, 3.8) is 0 Å². The summed E-state index contributed by atoms with van der Waals surface area (Å²) in [5.74, 6) is -1.77. The summed E-state index contributed by atoms with van der Waals surface area (Å²) in [6, 6.07) is 7.86. The maximum Gasteiger partial charge on any atom is 0.340 e. The lowest BCUT2D eigenvalue weighted by Gasteiger charge is -2.15. The van der Waals surface area contributed by atoms with Gasteiger partial charge in [-0.15, -0.1) is 0 Å². The Morgan fingerprint density at radius 3 is 2.36 bits per heavy atom. The number of methoxy groups -OCH3 is 1. The average molecular weight is 304 g/mol. The standard InChI is InChI=1S/C15H13FN2O4/c1-21-12-7-4-10(8-18-12)15(20)22-13(14(17)19)9-2-5-11(16)6-3-9/h2-8,13H,1H3,(H2,17,19). The van der Waals surface area contributed by atoms with E-state index in [1.165, 1.54) is 37.6 Å². The molecule has 22 heavy (non-hydrogen) atoms. The summed E-state index contributed by atoms with van der Waals surface area (Å²) in [5.41, 5.74) is 5.65. The minimum Gasteiger partial charge on any atom is -0.481 e. The number of aromatic nitrogens is 1. The largest absolute Gasteiger partial charge is 0.481 e. The molecule has 1 aromatic heterocycles. The number of nitrogens with zero attached hydrogens (tertiary/aromatic N) is 1. The number of hydrogen-bond acceptors (Lipinski definition) is 5. The van der Waals surface area contributed by atoms with Crippen molar-refractivity contribution in [2.75, 3.05) is 7.11 Å². The highest BCUT2D eigenvalue weighted by Crippen LogP contribution is 2.20. The second kappa shape index (κ2) is 6.66. The summed E-state index contributed by atoms with van der Waals surface area (Å²) in [7, 11) is 1.44. The van der Waals surface area contributed by atoms with Crippen LogP contribution >= 0.6 is 0 Å². The topological polar surface area (TPSA) is 91.5 Å². The molecule has 0 aliphatic rings. The summed E-state index contributed by atoms with van der Waals surface area (Å²) in [5, 5.41) is 0. The van der Waals surface area contributed by atoms with Crippen molar-refractivity contribution in [3.8, 4) is 5.88 Å².